The lowest BCUT2D eigenvalue weighted by molar-refractivity contribution is 0.222. The minimum Gasteiger partial charge on any atom is -0.284 e. The Morgan fingerprint density at radius 2 is 1.94 bits per heavy atom. The summed E-state index contributed by atoms with van der Waals surface area (Å²) in [5.74, 6) is 0.675. The molecule has 3 atom stereocenters. The van der Waals surface area contributed by atoms with Crippen LogP contribution in [0.25, 0.3) is 0 Å². The van der Waals surface area contributed by atoms with E-state index in [2.05, 4.69) is 9.76 Å². The Balaban J connectivity index is 1.90. The number of hydrogen-bond acceptors (Lipinski definition) is 1. The Bertz CT molecular complexity index is 462. The van der Waals surface area contributed by atoms with Gasteiger partial charge in [-0.2, -0.15) is 0 Å². The summed E-state index contributed by atoms with van der Waals surface area (Å²) < 4.78 is 15.3. The molecule has 1 N–H and O–H groups in total. The van der Waals surface area contributed by atoms with E-state index in [-0.39, 0.29) is 0 Å². The normalized spacial score (nSPS) is 37.2. The van der Waals surface area contributed by atoms with Crippen LogP contribution in [0.2, 0.25) is 0 Å². The van der Waals surface area contributed by atoms with Gasteiger partial charge in [-0.3, -0.25) is 4.57 Å². The molecule has 18 heavy (non-hydrogen) atoms. The fraction of sp³-hybridized carbons (Fsp3) is 0.571. The molecule has 3 rings (SSSR count). The second-order valence-electron chi connectivity index (χ2n) is 5.53. The van der Waals surface area contributed by atoms with E-state index >= 15 is 0 Å². The van der Waals surface area contributed by atoms with Crippen LogP contribution >= 0.6 is 7.44 Å². The quantitative estimate of drug-likeness (QED) is 0.791. The molecule has 0 amide bonds. The molecule has 1 aromatic rings. The lowest BCUT2D eigenvalue weighted by Crippen LogP contribution is -2.51. The zero-order chi connectivity index (χ0) is 12.6. The maximum atomic E-state index is 13.2. The van der Waals surface area contributed by atoms with E-state index in [1.807, 2.05) is 37.4 Å². The molecule has 0 bridgehead atoms. The Labute approximate surface area is 109 Å². The molecule has 1 aliphatic heterocycles. The monoisotopic (exact) mass is 264 g/mol. The lowest BCUT2D eigenvalue weighted by Gasteiger charge is -2.45. The fourth-order valence-corrected chi connectivity index (χ4v) is 5.82. The van der Waals surface area contributed by atoms with Crippen molar-refractivity contribution in [2.24, 2.45) is 5.92 Å². The predicted octanol–water partition coefficient (Wildman–Crippen LogP) is 2.60. The van der Waals surface area contributed by atoms with Crippen molar-refractivity contribution in [2.45, 2.75) is 31.7 Å². The first-order valence-electron chi connectivity index (χ1n) is 6.85. The van der Waals surface area contributed by atoms with Gasteiger partial charge >= 0.3 is 0 Å². The third kappa shape index (κ3) is 2.05. The van der Waals surface area contributed by atoms with E-state index in [0.717, 1.165) is 11.8 Å². The highest BCUT2D eigenvalue weighted by Gasteiger charge is 2.42. The Morgan fingerprint density at radius 3 is 2.72 bits per heavy atom. The Morgan fingerprint density at radius 1 is 1.22 bits per heavy atom. The SMILES string of the molecule is CN1C[C@H]2CCCC[C@H]2N[P@]1(=O)c1ccccc1. The molecule has 0 radical (unpaired) electrons. The van der Waals surface area contributed by atoms with Gasteiger partial charge in [0.15, 0.2) is 0 Å². The maximum absolute atomic E-state index is 13.2. The first kappa shape index (κ1) is 12.4. The van der Waals surface area contributed by atoms with Crippen LogP contribution in [-0.4, -0.2) is 24.3 Å². The highest BCUT2D eigenvalue weighted by atomic mass is 31.2. The summed E-state index contributed by atoms with van der Waals surface area (Å²) in [6, 6.07) is 10.3. The minimum absolute atomic E-state index is 0.445. The summed E-state index contributed by atoms with van der Waals surface area (Å²) in [6.07, 6.45) is 5.05. The van der Waals surface area contributed by atoms with E-state index < -0.39 is 7.44 Å². The van der Waals surface area contributed by atoms with Crippen molar-refractivity contribution < 1.29 is 4.57 Å². The van der Waals surface area contributed by atoms with Gasteiger partial charge in [-0.15, -0.1) is 0 Å². The van der Waals surface area contributed by atoms with Crippen LogP contribution in [0.15, 0.2) is 30.3 Å². The Kier molecular flexibility index (Phi) is 3.31. The topological polar surface area (TPSA) is 32.3 Å². The van der Waals surface area contributed by atoms with Crippen LogP contribution in [-0.2, 0) is 4.57 Å². The summed E-state index contributed by atoms with van der Waals surface area (Å²) in [5.41, 5.74) is 0. The number of rotatable bonds is 1. The molecular weight excluding hydrogens is 243 g/mol. The van der Waals surface area contributed by atoms with Crippen molar-refractivity contribution in [1.82, 2.24) is 9.76 Å². The van der Waals surface area contributed by atoms with Crippen molar-refractivity contribution >= 4 is 12.7 Å². The molecule has 4 heteroatoms. The number of benzene rings is 1. The van der Waals surface area contributed by atoms with Crippen molar-refractivity contribution in [2.75, 3.05) is 13.6 Å². The van der Waals surface area contributed by atoms with Crippen LogP contribution in [0.1, 0.15) is 25.7 Å². The van der Waals surface area contributed by atoms with E-state index in [1.165, 1.54) is 25.7 Å². The molecule has 1 aromatic carbocycles. The molecule has 3 nitrogen and oxygen atoms in total. The van der Waals surface area contributed by atoms with E-state index in [0.29, 0.717) is 12.0 Å². The second-order valence-corrected chi connectivity index (χ2v) is 8.14. The van der Waals surface area contributed by atoms with E-state index in [4.69, 9.17) is 0 Å². The number of hydrogen-bond donors (Lipinski definition) is 1. The summed E-state index contributed by atoms with van der Waals surface area (Å²) in [6.45, 7) is 0.962. The molecule has 98 valence electrons. The maximum Gasteiger partial charge on any atom is 0.243 e. The highest BCUT2D eigenvalue weighted by molar-refractivity contribution is 7.67. The standard InChI is InChI=1S/C14H21N2OP/c1-16-11-12-7-5-6-10-14(12)15-18(16,17)13-8-3-2-4-9-13/h2-4,8-9,12,14H,5-7,10-11H2,1H3,(H,15,17)/t12-,14-,18-/m1/s1. The number of nitrogens with zero attached hydrogens (tertiary/aromatic N) is 1. The molecule has 1 saturated carbocycles. The van der Waals surface area contributed by atoms with Crippen molar-refractivity contribution in [3.8, 4) is 0 Å². The average Bonchev–Trinajstić information content (AvgIpc) is 2.41. The van der Waals surface area contributed by atoms with E-state index in [1.54, 1.807) is 0 Å². The van der Waals surface area contributed by atoms with Gasteiger partial charge in [-0.25, -0.2) is 9.76 Å². The fourth-order valence-electron chi connectivity index (χ4n) is 3.28. The third-order valence-corrected chi connectivity index (χ3v) is 7.14. The molecule has 1 heterocycles. The summed E-state index contributed by atoms with van der Waals surface area (Å²) in [4.78, 5) is 0. The van der Waals surface area contributed by atoms with Crippen LogP contribution in [0.5, 0.6) is 0 Å². The molecule has 0 spiro atoms. The third-order valence-electron chi connectivity index (χ3n) is 4.34. The first-order valence-corrected chi connectivity index (χ1v) is 8.51. The van der Waals surface area contributed by atoms with Gasteiger partial charge in [-0.05, 0) is 37.9 Å². The minimum atomic E-state index is -2.56. The number of fused-ring (bicyclic) bond motifs is 1. The smallest absolute Gasteiger partial charge is 0.243 e. The van der Waals surface area contributed by atoms with E-state index in [9.17, 15) is 4.57 Å². The van der Waals surface area contributed by atoms with Crippen LogP contribution in [0.3, 0.4) is 0 Å². The van der Waals surface area contributed by atoms with Crippen LogP contribution in [0.4, 0.5) is 0 Å². The second kappa shape index (κ2) is 4.80. The van der Waals surface area contributed by atoms with Gasteiger partial charge in [-0.1, -0.05) is 31.0 Å². The van der Waals surface area contributed by atoms with Crippen molar-refractivity contribution in [3.05, 3.63) is 30.3 Å². The largest absolute Gasteiger partial charge is 0.284 e. The molecule has 1 aliphatic carbocycles. The molecular formula is C14H21N2OP. The summed E-state index contributed by atoms with van der Waals surface area (Å²) in [5, 5.41) is 4.42. The van der Waals surface area contributed by atoms with Crippen molar-refractivity contribution in [1.29, 1.82) is 0 Å². The van der Waals surface area contributed by atoms with Gasteiger partial charge < -0.3 is 0 Å². The van der Waals surface area contributed by atoms with Crippen molar-refractivity contribution in [3.63, 3.8) is 0 Å². The molecule has 1 saturated heterocycles. The Hall–Kier alpha value is -0.630. The number of nitrogens with one attached hydrogen (secondary N) is 1. The highest BCUT2D eigenvalue weighted by Crippen LogP contribution is 2.49. The van der Waals surface area contributed by atoms with Gasteiger partial charge in [0.25, 0.3) is 0 Å². The molecule has 0 aromatic heterocycles. The van der Waals surface area contributed by atoms with Gasteiger partial charge in [0.05, 0.1) is 0 Å². The van der Waals surface area contributed by atoms with Gasteiger partial charge in [0, 0.05) is 17.9 Å². The molecule has 0 unspecified atom stereocenters. The van der Waals surface area contributed by atoms with Crippen LogP contribution < -0.4 is 10.4 Å². The molecule has 2 fully saturated rings. The molecule has 2 aliphatic rings. The zero-order valence-corrected chi connectivity index (χ0v) is 11.8. The first-order chi connectivity index (χ1) is 8.70. The lowest BCUT2D eigenvalue weighted by atomic mass is 9.85. The summed E-state index contributed by atoms with van der Waals surface area (Å²) >= 11 is 0. The van der Waals surface area contributed by atoms with Gasteiger partial charge in [0.1, 0.15) is 0 Å². The predicted molar refractivity (Wildman–Crippen MR) is 75.2 cm³/mol. The summed E-state index contributed by atoms with van der Waals surface area (Å²) in [7, 11) is -0.571. The van der Waals surface area contributed by atoms with Crippen LogP contribution in [0, 0.1) is 5.92 Å². The van der Waals surface area contributed by atoms with Gasteiger partial charge in [0.2, 0.25) is 7.44 Å². The average molecular weight is 264 g/mol. The zero-order valence-electron chi connectivity index (χ0n) is 10.9.